The summed E-state index contributed by atoms with van der Waals surface area (Å²) in [5.41, 5.74) is 1.04. The molecule has 0 atom stereocenters. The number of aliphatic hydroxyl groups excluding tert-OH is 1. The topological polar surface area (TPSA) is 50.7 Å². The molecule has 0 aliphatic carbocycles. The maximum atomic E-state index is 9.18. The third-order valence-corrected chi connectivity index (χ3v) is 3.09. The Morgan fingerprint density at radius 1 is 1.21 bits per heavy atom. The van der Waals surface area contributed by atoms with Crippen LogP contribution in [0.2, 0.25) is 0 Å². The van der Waals surface area contributed by atoms with Crippen molar-refractivity contribution in [3.05, 3.63) is 23.8 Å². The predicted molar refractivity (Wildman–Crippen MR) is 77.0 cm³/mol. The van der Waals surface area contributed by atoms with Gasteiger partial charge in [-0.25, -0.2) is 0 Å². The first kappa shape index (κ1) is 15.8. The number of methoxy groups -OCH3 is 2. The van der Waals surface area contributed by atoms with Gasteiger partial charge in [-0.05, 0) is 36.7 Å². The van der Waals surface area contributed by atoms with E-state index >= 15 is 0 Å². The van der Waals surface area contributed by atoms with E-state index in [0.29, 0.717) is 0 Å². The van der Waals surface area contributed by atoms with Crippen molar-refractivity contribution in [2.45, 2.75) is 20.3 Å². The predicted octanol–water partition coefficient (Wildman–Crippen LogP) is 1.85. The average Bonchev–Trinajstić information content (AvgIpc) is 2.43. The first-order chi connectivity index (χ1) is 9.02. The van der Waals surface area contributed by atoms with Crippen LogP contribution in [-0.2, 0) is 6.42 Å². The van der Waals surface area contributed by atoms with E-state index in [9.17, 15) is 5.11 Å². The zero-order chi connectivity index (χ0) is 14.3. The van der Waals surface area contributed by atoms with Gasteiger partial charge in [0.1, 0.15) is 11.5 Å². The first-order valence-electron chi connectivity index (χ1n) is 6.55. The van der Waals surface area contributed by atoms with Gasteiger partial charge in [-0.1, -0.05) is 13.8 Å². The molecule has 0 saturated heterocycles. The smallest absolute Gasteiger partial charge is 0.122 e. The standard InChI is InChI=1S/C15H25NO3/c1-15(2,11-17)10-16-8-7-12-9-13(18-3)5-6-14(12)19-4/h5-6,9,16-17H,7-8,10-11H2,1-4H3. The molecule has 1 rings (SSSR count). The van der Waals surface area contributed by atoms with Gasteiger partial charge in [0, 0.05) is 18.6 Å². The van der Waals surface area contributed by atoms with Gasteiger partial charge >= 0.3 is 0 Å². The van der Waals surface area contributed by atoms with Crippen LogP contribution in [0.1, 0.15) is 19.4 Å². The monoisotopic (exact) mass is 267 g/mol. The quantitative estimate of drug-likeness (QED) is 0.706. The highest BCUT2D eigenvalue weighted by Crippen LogP contribution is 2.24. The molecule has 19 heavy (non-hydrogen) atoms. The summed E-state index contributed by atoms with van der Waals surface area (Å²) in [4.78, 5) is 0. The molecular formula is C15H25NO3. The molecule has 0 aliphatic rings. The minimum Gasteiger partial charge on any atom is -0.497 e. The van der Waals surface area contributed by atoms with Crippen LogP contribution in [-0.4, -0.2) is 39.0 Å². The number of aliphatic hydroxyl groups is 1. The van der Waals surface area contributed by atoms with Crippen LogP contribution in [0, 0.1) is 5.41 Å². The van der Waals surface area contributed by atoms with Crippen LogP contribution < -0.4 is 14.8 Å². The summed E-state index contributed by atoms with van der Waals surface area (Å²) in [6, 6.07) is 5.81. The van der Waals surface area contributed by atoms with Crippen LogP contribution in [0.4, 0.5) is 0 Å². The molecule has 1 aromatic carbocycles. The van der Waals surface area contributed by atoms with Crippen LogP contribution >= 0.6 is 0 Å². The largest absolute Gasteiger partial charge is 0.497 e. The zero-order valence-corrected chi connectivity index (χ0v) is 12.3. The fourth-order valence-electron chi connectivity index (χ4n) is 1.78. The Labute approximate surface area is 115 Å². The molecule has 108 valence electrons. The average molecular weight is 267 g/mol. The van der Waals surface area contributed by atoms with E-state index in [0.717, 1.165) is 36.6 Å². The minimum atomic E-state index is -0.0849. The number of nitrogens with one attached hydrogen (secondary N) is 1. The lowest BCUT2D eigenvalue weighted by Crippen LogP contribution is -2.33. The van der Waals surface area contributed by atoms with E-state index in [1.807, 2.05) is 32.0 Å². The molecule has 0 radical (unpaired) electrons. The van der Waals surface area contributed by atoms with Crippen LogP contribution in [0.5, 0.6) is 11.5 Å². The minimum absolute atomic E-state index is 0.0849. The Morgan fingerprint density at radius 3 is 2.53 bits per heavy atom. The molecule has 4 nitrogen and oxygen atoms in total. The Hall–Kier alpha value is -1.26. The summed E-state index contributed by atoms with van der Waals surface area (Å²) in [7, 11) is 3.33. The molecule has 0 bridgehead atoms. The van der Waals surface area contributed by atoms with E-state index < -0.39 is 0 Å². The van der Waals surface area contributed by atoms with Crippen molar-refractivity contribution in [3.63, 3.8) is 0 Å². The maximum absolute atomic E-state index is 9.18. The fraction of sp³-hybridized carbons (Fsp3) is 0.600. The number of hydrogen-bond acceptors (Lipinski definition) is 4. The summed E-state index contributed by atoms with van der Waals surface area (Å²) in [5.74, 6) is 1.72. The highest BCUT2D eigenvalue weighted by Gasteiger charge is 2.15. The molecule has 4 heteroatoms. The van der Waals surface area contributed by atoms with Crippen molar-refractivity contribution in [2.24, 2.45) is 5.41 Å². The number of ether oxygens (including phenoxy) is 2. The number of benzene rings is 1. The van der Waals surface area contributed by atoms with Gasteiger partial charge < -0.3 is 19.9 Å². The van der Waals surface area contributed by atoms with E-state index in [4.69, 9.17) is 9.47 Å². The highest BCUT2D eigenvalue weighted by atomic mass is 16.5. The van der Waals surface area contributed by atoms with Gasteiger partial charge in [0.2, 0.25) is 0 Å². The van der Waals surface area contributed by atoms with Crippen molar-refractivity contribution >= 4 is 0 Å². The highest BCUT2D eigenvalue weighted by molar-refractivity contribution is 5.40. The van der Waals surface area contributed by atoms with Gasteiger partial charge in [0.25, 0.3) is 0 Å². The van der Waals surface area contributed by atoms with Gasteiger partial charge in [0.05, 0.1) is 14.2 Å². The molecule has 0 aromatic heterocycles. The molecule has 0 unspecified atom stereocenters. The third kappa shape index (κ3) is 5.09. The third-order valence-electron chi connectivity index (χ3n) is 3.09. The number of hydrogen-bond donors (Lipinski definition) is 2. The second-order valence-corrected chi connectivity index (χ2v) is 5.43. The summed E-state index contributed by atoms with van der Waals surface area (Å²) < 4.78 is 10.6. The molecule has 0 heterocycles. The molecular weight excluding hydrogens is 242 g/mol. The van der Waals surface area contributed by atoms with Crippen molar-refractivity contribution in [1.82, 2.24) is 5.32 Å². The molecule has 0 amide bonds. The van der Waals surface area contributed by atoms with Crippen LogP contribution in [0.25, 0.3) is 0 Å². The second kappa shape index (κ2) is 7.36. The Kier molecular flexibility index (Phi) is 6.12. The lowest BCUT2D eigenvalue weighted by molar-refractivity contribution is 0.157. The summed E-state index contributed by atoms with van der Waals surface area (Å²) in [6.07, 6.45) is 0.863. The molecule has 0 saturated carbocycles. The molecule has 1 aromatic rings. The maximum Gasteiger partial charge on any atom is 0.122 e. The van der Waals surface area contributed by atoms with Crippen LogP contribution in [0.3, 0.4) is 0 Å². The van der Waals surface area contributed by atoms with E-state index in [1.165, 1.54) is 0 Å². The fourth-order valence-corrected chi connectivity index (χ4v) is 1.78. The second-order valence-electron chi connectivity index (χ2n) is 5.43. The van der Waals surface area contributed by atoms with Gasteiger partial charge in [-0.3, -0.25) is 0 Å². The Morgan fingerprint density at radius 2 is 1.95 bits per heavy atom. The normalized spacial score (nSPS) is 11.4. The molecule has 0 aliphatic heterocycles. The van der Waals surface area contributed by atoms with Crippen LogP contribution in [0.15, 0.2) is 18.2 Å². The van der Waals surface area contributed by atoms with Crippen molar-refractivity contribution in [1.29, 1.82) is 0 Å². The summed E-state index contributed by atoms with van der Waals surface area (Å²) >= 11 is 0. The van der Waals surface area contributed by atoms with Crippen molar-refractivity contribution in [3.8, 4) is 11.5 Å². The van der Waals surface area contributed by atoms with E-state index in [2.05, 4.69) is 5.32 Å². The first-order valence-corrected chi connectivity index (χ1v) is 6.55. The Bertz CT molecular complexity index is 391. The van der Waals surface area contributed by atoms with Gasteiger partial charge in [-0.2, -0.15) is 0 Å². The van der Waals surface area contributed by atoms with Crippen molar-refractivity contribution < 1.29 is 14.6 Å². The molecule has 2 N–H and O–H groups in total. The SMILES string of the molecule is COc1ccc(OC)c(CCNCC(C)(C)CO)c1. The van der Waals surface area contributed by atoms with Gasteiger partial charge in [0.15, 0.2) is 0 Å². The number of rotatable bonds is 8. The molecule has 0 spiro atoms. The summed E-state index contributed by atoms with van der Waals surface area (Å²) in [5, 5.41) is 12.5. The summed E-state index contributed by atoms with van der Waals surface area (Å²) in [6.45, 7) is 5.88. The van der Waals surface area contributed by atoms with Gasteiger partial charge in [-0.15, -0.1) is 0 Å². The molecule has 0 fully saturated rings. The lowest BCUT2D eigenvalue weighted by Gasteiger charge is -2.22. The van der Waals surface area contributed by atoms with Crippen molar-refractivity contribution in [2.75, 3.05) is 33.9 Å². The Balaban J connectivity index is 2.52. The lowest BCUT2D eigenvalue weighted by atomic mass is 9.95. The zero-order valence-electron chi connectivity index (χ0n) is 12.3. The van der Waals surface area contributed by atoms with E-state index in [-0.39, 0.29) is 12.0 Å². The van der Waals surface area contributed by atoms with E-state index in [1.54, 1.807) is 14.2 Å².